The van der Waals surface area contributed by atoms with Gasteiger partial charge in [0.1, 0.15) is 0 Å². The number of esters is 1. The van der Waals surface area contributed by atoms with Crippen molar-refractivity contribution in [1.29, 1.82) is 0 Å². The Morgan fingerprint density at radius 2 is 1.88 bits per heavy atom. The van der Waals surface area contributed by atoms with Crippen molar-refractivity contribution in [2.75, 3.05) is 6.61 Å². The van der Waals surface area contributed by atoms with Gasteiger partial charge in [0, 0.05) is 28.1 Å². The van der Waals surface area contributed by atoms with Crippen LogP contribution in [0.2, 0.25) is 10.0 Å². The fraction of sp³-hybridized carbons (Fsp3) is 0.474. The van der Waals surface area contributed by atoms with Gasteiger partial charge in [-0.3, -0.25) is 4.79 Å². The first-order valence-corrected chi connectivity index (χ1v) is 9.26. The Labute approximate surface area is 158 Å². The van der Waals surface area contributed by atoms with E-state index >= 15 is 0 Å². The number of ether oxygens (including phenoxy) is 1. The molecule has 0 spiro atoms. The molecule has 1 atom stereocenters. The van der Waals surface area contributed by atoms with Crippen LogP contribution in [0.4, 0.5) is 0 Å². The fourth-order valence-electron chi connectivity index (χ4n) is 3.06. The van der Waals surface area contributed by atoms with Crippen LogP contribution < -0.4 is 5.32 Å². The first-order chi connectivity index (χ1) is 11.9. The second kappa shape index (κ2) is 8.72. The van der Waals surface area contributed by atoms with Crippen molar-refractivity contribution in [1.82, 2.24) is 5.32 Å². The Balaban J connectivity index is 2.36. The Hall–Kier alpha value is -1.52. The molecule has 0 aromatic heterocycles. The van der Waals surface area contributed by atoms with Gasteiger partial charge < -0.3 is 10.1 Å². The van der Waals surface area contributed by atoms with E-state index in [1.807, 2.05) is 0 Å². The Kier molecular flexibility index (Phi) is 6.91. The SMILES string of the molecule is CCC(CC)COC(=O)C1=C(C)NC(=O)C[C@@H]1c1c(Cl)cccc1Cl. The van der Waals surface area contributed by atoms with Crippen molar-refractivity contribution < 1.29 is 14.3 Å². The molecule has 1 aromatic carbocycles. The molecule has 1 aliphatic rings. The van der Waals surface area contributed by atoms with E-state index in [2.05, 4.69) is 19.2 Å². The van der Waals surface area contributed by atoms with Gasteiger partial charge in [-0.2, -0.15) is 0 Å². The molecule has 4 nitrogen and oxygen atoms in total. The van der Waals surface area contributed by atoms with Crippen molar-refractivity contribution in [2.24, 2.45) is 5.92 Å². The number of hydrogen-bond acceptors (Lipinski definition) is 3. The predicted octanol–water partition coefficient (Wildman–Crippen LogP) is 4.85. The highest BCUT2D eigenvalue weighted by molar-refractivity contribution is 6.36. The Morgan fingerprint density at radius 1 is 1.28 bits per heavy atom. The number of hydrogen-bond donors (Lipinski definition) is 1. The number of carbonyl (C=O) groups excluding carboxylic acids is 2. The van der Waals surface area contributed by atoms with E-state index in [0.29, 0.717) is 39.4 Å². The normalized spacial score (nSPS) is 17.7. The molecular weight excluding hydrogens is 361 g/mol. The Bertz CT molecular complexity index is 676. The van der Waals surface area contributed by atoms with Gasteiger partial charge in [-0.15, -0.1) is 0 Å². The third-order valence-corrected chi connectivity index (χ3v) is 5.30. The maximum Gasteiger partial charge on any atom is 0.336 e. The molecule has 0 fully saturated rings. The molecule has 2 rings (SSSR count). The summed E-state index contributed by atoms with van der Waals surface area (Å²) in [5.41, 5.74) is 1.50. The second-order valence-electron chi connectivity index (χ2n) is 6.26. The van der Waals surface area contributed by atoms with Crippen LogP contribution >= 0.6 is 23.2 Å². The smallest absolute Gasteiger partial charge is 0.336 e. The molecule has 1 aliphatic heterocycles. The molecule has 6 heteroatoms. The summed E-state index contributed by atoms with van der Waals surface area (Å²) in [5.74, 6) is -0.782. The minimum absolute atomic E-state index is 0.107. The number of allylic oxidation sites excluding steroid dienone is 1. The van der Waals surface area contributed by atoms with Gasteiger partial charge in [0.05, 0.1) is 12.2 Å². The molecule has 1 heterocycles. The summed E-state index contributed by atoms with van der Waals surface area (Å²) in [4.78, 5) is 24.8. The van der Waals surface area contributed by atoms with E-state index in [9.17, 15) is 9.59 Å². The van der Waals surface area contributed by atoms with Crippen LogP contribution in [-0.2, 0) is 14.3 Å². The number of benzene rings is 1. The lowest BCUT2D eigenvalue weighted by molar-refractivity contribution is -0.141. The third kappa shape index (κ3) is 4.56. The highest BCUT2D eigenvalue weighted by Crippen LogP contribution is 2.40. The topological polar surface area (TPSA) is 55.4 Å². The number of carbonyl (C=O) groups is 2. The molecule has 25 heavy (non-hydrogen) atoms. The molecule has 0 bridgehead atoms. The fourth-order valence-corrected chi connectivity index (χ4v) is 3.72. The molecule has 0 radical (unpaired) electrons. The van der Waals surface area contributed by atoms with Crippen molar-refractivity contribution in [3.05, 3.63) is 45.1 Å². The van der Waals surface area contributed by atoms with Crippen LogP contribution in [0.25, 0.3) is 0 Å². The maximum atomic E-state index is 12.7. The van der Waals surface area contributed by atoms with Gasteiger partial charge in [0.15, 0.2) is 0 Å². The molecule has 0 saturated heterocycles. The average Bonchev–Trinajstić information content (AvgIpc) is 2.55. The molecule has 1 N–H and O–H groups in total. The van der Waals surface area contributed by atoms with Gasteiger partial charge in [-0.25, -0.2) is 4.79 Å². The van der Waals surface area contributed by atoms with E-state index in [4.69, 9.17) is 27.9 Å². The van der Waals surface area contributed by atoms with Crippen LogP contribution in [0.5, 0.6) is 0 Å². The average molecular weight is 384 g/mol. The monoisotopic (exact) mass is 383 g/mol. The summed E-state index contributed by atoms with van der Waals surface area (Å²) in [6, 6.07) is 5.15. The first kappa shape index (κ1) is 19.8. The molecular formula is C19H23Cl2NO3. The number of rotatable bonds is 6. The molecule has 0 saturated carbocycles. The van der Waals surface area contributed by atoms with E-state index in [1.54, 1.807) is 25.1 Å². The minimum Gasteiger partial charge on any atom is -0.462 e. The minimum atomic E-state index is -0.510. The number of amides is 1. The summed E-state index contributed by atoms with van der Waals surface area (Å²) >= 11 is 12.6. The van der Waals surface area contributed by atoms with Crippen molar-refractivity contribution in [3.63, 3.8) is 0 Å². The number of nitrogens with one attached hydrogen (secondary N) is 1. The van der Waals surface area contributed by atoms with E-state index in [0.717, 1.165) is 12.8 Å². The van der Waals surface area contributed by atoms with Gasteiger partial charge in [-0.05, 0) is 30.5 Å². The van der Waals surface area contributed by atoms with Crippen LogP contribution in [0.1, 0.15) is 51.5 Å². The molecule has 0 unspecified atom stereocenters. The van der Waals surface area contributed by atoms with E-state index < -0.39 is 11.9 Å². The van der Waals surface area contributed by atoms with Gasteiger partial charge in [0.25, 0.3) is 0 Å². The van der Waals surface area contributed by atoms with Gasteiger partial charge in [0.2, 0.25) is 5.91 Å². The van der Waals surface area contributed by atoms with Crippen molar-refractivity contribution in [2.45, 2.75) is 46.0 Å². The van der Waals surface area contributed by atoms with Crippen LogP contribution in [-0.4, -0.2) is 18.5 Å². The zero-order valence-corrected chi connectivity index (χ0v) is 16.2. The second-order valence-corrected chi connectivity index (χ2v) is 7.07. The third-order valence-electron chi connectivity index (χ3n) is 4.64. The molecule has 136 valence electrons. The quantitative estimate of drug-likeness (QED) is 0.714. The molecule has 0 aliphatic carbocycles. The van der Waals surface area contributed by atoms with Crippen LogP contribution in [0.15, 0.2) is 29.5 Å². The lowest BCUT2D eigenvalue weighted by Crippen LogP contribution is -2.34. The van der Waals surface area contributed by atoms with E-state index in [1.165, 1.54) is 0 Å². The summed E-state index contributed by atoms with van der Waals surface area (Å²) in [6.07, 6.45) is 1.99. The van der Waals surface area contributed by atoms with E-state index in [-0.39, 0.29) is 12.3 Å². The van der Waals surface area contributed by atoms with Crippen molar-refractivity contribution >= 4 is 35.1 Å². The first-order valence-electron chi connectivity index (χ1n) is 8.50. The highest BCUT2D eigenvalue weighted by atomic mass is 35.5. The lowest BCUT2D eigenvalue weighted by atomic mass is 9.84. The maximum absolute atomic E-state index is 12.7. The lowest BCUT2D eigenvalue weighted by Gasteiger charge is -2.28. The predicted molar refractivity (Wildman–Crippen MR) is 99.7 cm³/mol. The summed E-state index contributed by atoms with van der Waals surface area (Å²) in [6.45, 7) is 6.20. The number of halogens is 2. The largest absolute Gasteiger partial charge is 0.462 e. The van der Waals surface area contributed by atoms with Gasteiger partial charge in [-0.1, -0.05) is 56.0 Å². The molecule has 1 amide bonds. The Morgan fingerprint density at radius 3 is 2.44 bits per heavy atom. The zero-order chi connectivity index (χ0) is 18.6. The summed E-state index contributed by atoms with van der Waals surface area (Å²) in [5, 5.41) is 3.59. The standard InChI is InChI=1S/C19H23Cl2NO3/c1-4-12(5-2)10-25-19(24)17-11(3)22-16(23)9-13(17)18-14(20)7-6-8-15(18)21/h6-8,12-13H,4-5,9-10H2,1-3H3,(H,22,23)/t13-/m0/s1. The summed E-state index contributed by atoms with van der Waals surface area (Å²) < 4.78 is 5.53. The molecule has 1 aromatic rings. The van der Waals surface area contributed by atoms with Crippen molar-refractivity contribution in [3.8, 4) is 0 Å². The highest BCUT2D eigenvalue weighted by Gasteiger charge is 2.35. The van der Waals surface area contributed by atoms with Crippen LogP contribution in [0, 0.1) is 5.92 Å². The van der Waals surface area contributed by atoms with Crippen LogP contribution in [0.3, 0.4) is 0 Å². The summed E-state index contributed by atoms with van der Waals surface area (Å²) in [7, 11) is 0. The zero-order valence-electron chi connectivity index (χ0n) is 14.7. The van der Waals surface area contributed by atoms with Gasteiger partial charge >= 0.3 is 5.97 Å².